The molecule has 0 aliphatic carbocycles. The number of pyridine rings is 2. The van der Waals surface area contributed by atoms with Crippen LogP contribution in [0.15, 0.2) is 219 Å². The minimum Gasteiger partial charge on any atom is -0.309 e. The van der Waals surface area contributed by atoms with Gasteiger partial charge in [-0.1, -0.05) is 121 Å². The fourth-order valence-corrected chi connectivity index (χ4v) is 9.69. The molecule has 4 nitrogen and oxygen atoms in total. The van der Waals surface area contributed by atoms with Crippen LogP contribution in [-0.2, 0) is 0 Å². The number of para-hydroxylation sites is 2. The van der Waals surface area contributed by atoms with Crippen molar-refractivity contribution in [1.29, 1.82) is 0 Å². The summed E-state index contributed by atoms with van der Waals surface area (Å²) in [5.74, 6) is 0. The predicted molar refractivity (Wildman–Crippen MR) is 267 cm³/mol. The van der Waals surface area contributed by atoms with Crippen LogP contribution >= 0.6 is 0 Å². The molecule has 4 heteroatoms. The maximum absolute atomic E-state index is 4.97. The molecule has 64 heavy (non-hydrogen) atoms. The number of nitrogens with zero attached hydrogens (tertiary/aromatic N) is 4. The van der Waals surface area contributed by atoms with Crippen LogP contribution in [0.1, 0.15) is 11.1 Å². The lowest BCUT2D eigenvalue weighted by molar-refractivity contribution is 1.17. The number of benzene rings is 8. The fourth-order valence-electron chi connectivity index (χ4n) is 9.69. The zero-order valence-corrected chi connectivity index (χ0v) is 35.6. The lowest BCUT2D eigenvalue weighted by Gasteiger charge is -2.14. The van der Waals surface area contributed by atoms with Gasteiger partial charge in [-0.3, -0.25) is 9.97 Å². The second-order valence-corrected chi connectivity index (χ2v) is 16.8. The zero-order valence-electron chi connectivity index (χ0n) is 35.6. The second-order valence-electron chi connectivity index (χ2n) is 16.8. The van der Waals surface area contributed by atoms with E-state index in [1.807, 2.05) is 12.4 Å². The number of aromatic nitrogens is 4. The molecule has 12 rings (SSSR count). The molecule has 0 N–H and O–H groups in total. The Bertz CT molecular complexity index is 3500. The quantitative estimate of drug-likeness (QED) is 0.161. The number of hydrogen-bond donors (Lipinski definition) is 0. The topological polar surface area (TPSA) is 35.6 Å². The monoisotopic (exact) mass is 818 g/mol. The Labute approximate surface area is 372 Å². The highest BCUT2D eigenvalue weighted by Gasteiger charge is 2.18. The summed E-state index contributed by atoms with van der Waals surface area (Å²) in [6.07, 6.45) is 3.86. The van der Waals surface area contributed by atoms with Crippen LogP contribution in [0, 0.1) is 13.8 Å². The van der Waals surface area contributed by atoms with Gasteiger partial charge in [0.15, 0.2) is 0 Å². The van der Waals surface area contributed by atoms with Gasteiger partial charge in [0, 0.05) is 56.4 Å². The van der Waals surface area contributed by atoms with Crippen molar-refractivity contribution in [2.45, 2.75) is 13.8 Å². The van der Waals surface area contributed by atoms with Crippen LogP contribution in [0.5, 0.6) is 0 Å². The minimum atomic E-state index is 0.933. The third-order valence-corrected chi connectivity index (χ3v) is 12.9. The van der Waals surface area contributed by atoms with Gasteiger partial charge in [-0.05, 0) is 143 Å². The molecule has 0 unspecified atom stereocenters. The lowest BCUT2D eigenvalue weighted by atomic mass is 9.98. The van der Waals surface area contributed by atoms with E-state index in [9.17, 15) is 0 Å². The molecule has 0 bridgehead atoms. The number of hydrogen-bond acceptors (Lipinski definition) is 2. The first-order valence-electron chi connectivity index (χ1n) is 21.9. The van der Waals surface area contributed by atoms with E-state index in [1.54, 1.807) is 0 Å². The van der Waals surface area contributed by atoms with Gasteiger partial charge < -0.3 is 9.13 Å². The van der Waals surface area contributed by atoms with Gasteiger partial charge in [-0.2, -0.15) is 0 Å². The standard InChI is InChI=1S/C60H42N4/c1-39-21-25-47(63-57-19-11-9-17-49(57)53-33-43(23-27-59(53)63)41-13-5-3-6-14-41)37-51(39)55-35-45(29-31-61-55)46-30-32-62-56(36-46)52-38-48(26-22-40(52)2)64-58-20-12-10-18-50(58)54-34-44(24-28-60(54)64)42-15-7-4-8-16-42/h3-38H,1-2H3. The van der Waals surface area contributed by atoms with E-state index in [1.165, 1.54) is 77.0 Å². The first kappa shape index (κ1) is 37.4. The van der Waals surface area contributed by atoms with Gasteiger partial charge in [0.2, 0.25) is 0 Å². The smallest absolute Gasteiger partial charge is 0.0711 e. The largest absolute Gasteiger partial charge is 0.309 e. The van der Waals surface area contributed by atoms with E-state index < -0.39 is 0 Å². The van der Waals surface area contributed by atoms with Crippen molar-refractivity contribution in [3.05, 3.63) is 230 Å². The summed E-state index contributed by atoms with van der Waals surface area (Å²) in [5.41, 5.74) is 20.4. The van der Waals surface area contributed by atoms with Gasteiger partial charge in [0.05, 0.1) is 33.5 Å². The average Bonchev–Trinajstić information content (AvgIpc) is 3.87. The van der Waals surface area contributed by atoms with E-state index in [2.05, 4.69) is 229 Å². The van der Waals surface area contributed by atoms with Crippen LogP contribution in [0.3, 0.4) is 0 Å². The SMILES string of the molecule is Cc1ccc(-n2c3ccccc3c3cc(-c4ccccc4)ccc32)cc1-c1cc(-c2ccnc(-c3cc(-n4c5ccccc5c5cc(-c6ccccc6)ccc54)ccc3C)c2)ccn1. The van der Waals surface area contributed by atoms with Crippen LogP contribution < -0.4 is 0 Å². The molecule has 0 aliphatic rings. The summed E-state index contributed by atoms with van der Waals surface area (Å²) in [7, 11) is 0. The average molecular weight is 819 g/mol. The highest BCUT2D eigenvalue weighted by molar-refractivity contribution is 6.11. The predicted octanol–water partition coefficient (Wildman–Crippen LogP) is 15.6. The van der Waals surface area contributed by atoms with E-state index in [0.717, 1.165) is 45.0 Å². The van der Waals surface area contributed by atoms with Crippen LogP contribution in [0.4, 0.5) is 0 Å². The molecule has 0 spiro atoms. The first-order chi connectivity index (χ1) is 31.6. The van der Waals surface area contributed by atoms with Crippen molar-refractivity contribution >= 4 is 43.6 Å². The molecule has 0 fully saturated rings. The molecule has 12 aromatic rings. The Hall–Kier alpha value is -8.34. The normalized spacial score (nSPS) is 11.6. The van der Waals surface area contributed by atoms with Crippen LogP contribution in [0.25, 0.3) is 111 Å². The molecule has 0 aliphatic heterocycles. The maximum Gasteiger partial charge on any atom is 0.0711 e. The number of fused-ring (bicyclic) bond motifs is 6. The summed E-state index contributed by atoms with van der Waals surface area (Å²) < 4.78 is 4.78. The van der Waals surface area contributed by atoms with E-state index in [0.29, 0.717) is 0 Å². The Morgan fingerprint density at radius 1 is 0.297 bits per heavy atom. The lowest BCUT2D eigenvalue weighted by Crippen LogP contribution is -1.97. The van der Waals surface area contributed by atoms with Crippen LogP contribution in [-0.4, -0.2) is 19.1 Å². The zero-order chi connectivity index (χ0) is 42.7. The minimum absolute atomic E-state index is 0.933. The van der Waals surface area contributed by atoms with Crippen LogP contribution in [0.2, 0.25) is 0 Å². The molecule has 4 aromatic heterocycles. The summed E-state index contributed by atoms with van der Waals surface area (Å²) in [4.78, 5) is 9.94. The first-order valence-corrected chi connectivity index (χ1v) is 21.9. The third-order valence-electron chi connectivity index (χ3n) is 12.9. The molecule has 0 saturated carbocycles. The summed E-state index contributed by atoms with van der Waals surface area (Å²) in [6.45, 7) is 4.34. The molecule has 0 saturated heterocycles. The Morgan fingerprint density at radius 3 is 1.14 bits per heavy atom. The van der Waals surface area contributed by atoms with Gasteiger partial charge in [-0.25, -0.2) is 0 Å². The Kier molecular flexibility index (Phi) is 8.91. The number of rotatable bonds is 7. The molecular formula is C60H42N4. The van der Waals surface area contributed by atoms with Crippen molar-refractivity contribution < 1.29 is 0 Å². The van der Waals surface area contributed by atoms with Crippen molar-refractivity contribution in [2.75, 3.05) is 0 Å². The van der Waals surface area contributed by atoms with E-state index >= 15 is 0 Å². The molecule has 4 heterocycles. The summed E-state index contributed by atoms with van der Waals surface area (Å²) in [5, 5.41) is 4.94. The fraction of sp³-hybridized carbons (Fsp3) is 0.0333. The molecule has 302 valence electrons. The Balaban J connectivity index is 0.915. The van der Waals surface area contributed by atoms with E-state index in [-0.39, 0.29) is 0 Å². The van der Waals surface area contributed by atoms with Crippen molar-refractivity contribution in [3.63, 3.8) is 0 Å². The van der Waals surface area contributed by atoms with Crippen molar-refractivity contribution in [2.24, 2.45) is 0 Å². The van der Waals surface area contributed by atoms with Gasteiger partial charge >= 0.3 is 0 Å². The molecule has 0 atom stereocenters. The highest BCUT2D eigenvalue weighted by Crippen LogP contribution is 2.39. The maximum atomic E-state index is 4.97. The molecule has 0 radical (unpaired) electrons. The molecule has 0 amide bonds. The van der Waals surface area contributed by atoms with Gasteiger partial charge in [0.1, 0.15) is 0 Å². The second kappa shape index (κ2) is 15.2. The van der Waals surface area contributed by atoms with Gasteiger partial charge in [-0.15, -0.1) is 0 Å². The number of aryl methyl sites for hydroxylation is 2. The molecular weight excluding hydrogens is 777 g/mol. The summed E-state index contributed by atoms with van der Waals surface area (Å²) in [6, 6.07) is 74.4. The highest BCUT2D eigenvalue weighted by atomic mass is 15.0. The van der Waals surface area contributed by atoms with Crippen molar-refractivity contribution in [1.82, 2.24) is 19.1 Å². The van der Waals surface area contributed by atoms with Crippen molar-refractivity contribution in [3.8, 4) is 67.3 Å². The molecule has 8 aromatic carbocycles. The Morgan fingerprint density at radius 2 is 0.688 bits per heavy atom. The summed E-state index contributed by atoms with van der Waals surface area (Å²) >= 11 is 0. The third kappa shape index (κ3) is 6.30. The van der Waals surface area contributed by atoms with Gasteiger partial charge in [0.25, 0.3) is 0 Å². The van der Waals surface area contributed by atoms with E-state index in [4.69, 9.17) is 9.97 Å².